The summed E-state index contributed by atoms with van der Waals surface area (Å²) >= 11 is 0. The Kier molecular flexibility index (Phi) is 8.84. The van der Waals surface area contributed by atoms with E-state index in [1.807, 2.05) is 49.1 Å². The van der Waals surface area contributed by atoms with Gasteiger partial charge in [0.1, 0.15) is 0 Å². The number of aliphatic hydroxyl groups is 1. The fraction of sp³-hybridized carbons (Fsp3) is 0.464. The minimum Gasteiger partial charge on any atom is -0.392 e. The average Bonchev–Trinajstić information content (AvgIpc) is 2.83. The lowest BCUT2D eigenvalue weighted by molar-refractivity contribution is 0.0306. The molecule has 1 fully saturated rings. The second-order valence-corrected chi connectivity index (χ2v) is 9.04. The molecule has 1 N–H and O–H groups in total. The standard InChI is InChI=1S/C28H39N3O2/c1-6-16-30-18-22(5)31(19-21(30)4)27(26-11-9-10-23(17-26)20-32)24-12-14-25(15-13-24)28(33)29(7-2)8-3/h6,9-15,17,21-22,27,32H,1,7-8,16,18-20H2,2-5H3/t21-,22+,27+/m0/s1. The number of nitrogens with zero attached hydrogens (tertiary/aromatic N) is 3. The van der Waals surface area contributed by atoms with Gasteiger partial charge < -0.3 is 10.0 Å². The van der Waals surface area contributed by atoms with Crippen LogP contribution >= 0.6 is 0 Å². The van der Waals surface area contributed by atoms with E-state index in [0.717, 1.165) is 36.3 Å². The highest BCUT2D eigenvalue weighted by atomic mass is 16.3. The van der Waals surface area contributed by atoms with Gasteiger partial charge in [-0.1, -0.05) is 42.5 Å². The molecule has 0 spiro atoms. The molecule has 178 valence electrons. The Hall–Kier alpha value is -2.47. The molecule has 1 amide bonds. The van der Waals surface area contributed by atoms with Crippen molar-refractivity contribution >= 4 is 5.91 Å². The highest BCUT2D eigenvalue weighted by molar-refractivity contribution is 5.94. The summed E-state index contributed by atoms with van der Waals surface area (Å²) in [5.41, 5.74) is 3.97. The number of amides is 1. The zero-order valence-corrected chi connectivity index (χ0v) is 20.6. The van der Waals surface area contributed by atoms with Gasteiger partial charge in [-0.15, -0.1) is 6.58 Å². The van der Waals surface area contributed by atoms with Crippen molar-refractivity contribution in [3.05, 3.63) is 83.4 Å². The molecule has 0 aromatic heterocycles. The van der Waals surface area contributed by atoms with Gasteiger partial charge in [0.2, 0.25) is 0 Å². The first-order valence-corrected chi connectivity index (χ1v) is 12.1. The molecule has 1 saturated heterocycles. The van der Waals surface area contributed by atoms with Crippen LogP contribution in [0, 0.1) is 0 Å². The number of piperazine rings is 1. The first kappa shape index (κ1) is 25.2. The molecule has 5 heteroatoms. The molecule has 0 bridgehead atoms. The number of aliphatic hydroxyl groups excluding tert-OH is 1. The molecule has 5 nitrogen and oxygen atoms in total. The van der Waals surface area contributed by atoms with Gasteiger partial charge in [-0.05, 0) is 56.5 Å². The third kappa shape index (κ3) is 5.72. The van der Waals surface area contributed by atoms with Crippen LogP contribution in [0.3, 0.4) is 0 Å². The van der Waals surface area contributed by atoms with Crippen LogP contribution in [0.5, 0.6) is 0 Å². The lowest BCUT2D eigenvalue weighted by atomic mass is 9.92. The maximum absolute atomic E-state index is 12.8. The van der Waals surface area contributed by atoms with Crippen molar-refractivity contribution in [2.24, 2.45) is 0 Å². The van der Waals surface area contributed by atoms with E-state index in [2.05, 4.69) is 54.5 Å². The number of carbonyl (C=O) groups excluding carboxylic acids is 1. The summed E-state index contributed by atoms with van der Waals surface area (Å²) in [6.45, 7) is 16.7. The molecule has 2 aromatic carbocycles. The molecule has 3 rings (SSSR count). The molecule has 3 atom stereocenters. The molecule has 0 radical (unpaired) electrons. The van der Waals surface area contributed by atoms with Crippen LogP contribution in [-0.4, -0.2) is 70.5 Å². The third-order valence-electron chi connectivity index (χ3n) is 6.83. The van der Waals surface area contributed by atoms with E-state index in [1.54, 1.807) is 0 Å². The third-order valence-corrected chi connectivity index (χ3v) is 6.83. The highest BCUT2D eigenvalue weighted by Crippen LogP contribution is 2.34. The van der Waals surface area contributed by atoms with Crippen molar-refractivity contribution in [1.29, 1.82) is 0 Å². The van der Waals surface area contributed by atoms with Crippen LogP contribution in [-0.2, 0) is 6.61 Å². The Bertz CT molecular complexity index is 923. The molecular formula is C28H39N3O2. The van der Waals surface area contributed by atoms with E-state index in [1.165, 1.54) is 5.56 Å². The Balaban J connectivity index is 1.98. The number of carbonyl (C=O) groups is 1. The SMILES string of the molecule is C=CCN1C[C@@H](C)N([C@H](c2ccc(C(=O)N(CC)CC)cc2)c2cccc(CO)c2)C[C@@H]1C. The van der Waals surface area contributed by atoms with Crippen molar-refractivity contribution < 1.29 is 9.90 Å². The summed E-state index contributed by atoms with van der Waals surface area (Å²) in [5.74, 6) is 0.0745. The second kappa shape index (κ2) is 11.6. The van der Waals surface area contributed by atoms with Gasteiger partial charge in [0.25, 0.3) is 5.91 Å². The van der Waals surface area contributed by atoms with Crippen LogP contribution in [0.4, 0.5) is 0 Å². The van der Waals surface area contributed by atoms with E-state index >= 15 is 0 Å². The lowest BCUT2D eigenvalue weighted by Gasteiger charge is -2.47. The molecule has 0 aliphatic carbocycles. The Labute approximate surface area is 199 Å². The van der Waals surface area contributed by atoms with Crippen molar-refractivity contribution in [2.75, 3.05) is 32.7 Å². The second-order valence-electron chi connectivity index (χ2n) is 9.04. The van der Waals surface area contributed by atoms with Crippen LogP contribution in [0.1, 0.15) is 60.8 Å². The van der Waals surface area contributed by atoms with Gasteiger partial charge in [-0.25, -0.2) is 0 Å². The largest absolute Gasteiger partial charge is 0.392 e. The summed E-state index contributed by atoms with van der Waals surface area (Å²) in [7, 11) is 0. The number of hydrogen-bond donors (Lipinski definition) is 1. The Morgan fingerprint density at radius 1 is 1.09 bits per heavy atom. The summed E-state index contributed by atoms with van der Waals surface area (Å²) in [6, 6.07) is 17.2. The number of rotatable bonds is 9. The van der Waals surface area contributed by atoms with Gasteiger partial charge in [0, 0.05) is 50.4 Å². The van der Waals surface area contributed by atoms with E-state index in [-0.39, 0.29) is 18.6 Å². The van der Waals surface area contributed by atoms with Gasteiger partial charge in [0.05, 0.1) is 12.6 Å². The first-order chi connectivity index (χ1) is 15.9. The molecule has 0 unspecified atom stereocenters. The number of hydrogen-bond acceptors (Lipinski definition) is 4. The van der Waals surface area contributed by atoms with Gasteiger partial charge in [0.15, 0.2) is 0 Å². The van der Waals surface area contributed by atoms with E-state index in [9.17, 15) is 9.90 Å². The van der Waals surface area contributed by atoms with Crippen LogP contribution in [0.15, 0.2) is 61.2 Å². The van der Waals surface area contributed by atoms with Crippen molar-refractivity contribution in [3.63, 3.8) is 0 Å². The fourth-order valence-electron chi connectivity index (χ4n) is 4.94. The van der Waals surface area contributed by atoms with Crippen LogP contribution in [0.25, 0.3) is 0 Å². The minimum absolute atomic E-state index is 0.0247. The summed E-state index contributed by atoms with van der Waals surface area (Å²) < 4.78 is 0. The smallest absolute Gasteiger partial charge is 0.253 e. The van der Waals surface area contributed by atoms with Gasteiger partial charge in [-0.2, -0.15) is 0 Å². The predicted octanol–water partition coefficient (Wildman–Crippen LogP) is 4.33. The van der Waals surface area contributed by atoms with Crippen LogP contribution < -0.4 is 0 Å². The maximum atomic E-state index is 12.8. The number of benzene rings is 2. The van der Waals surface area contributed by atoms with Crippen molar-refractivity contribution in [3.8, 4) is 0 Å². The zero-order chi connectivity index (χ0) is 24.0. The first-order valence-electron chi connectivity index (χ1n) is 12.1. The predicted molar refractivity (Wildman–Crippen MR) is 135 cm³/mol. The maximum Gasteiger partial charge on any atom is 0.253 e. The fourth-order valence-corrected chi connectivity index (χ4v) is 4.94. The van der Waals surface area contributed by atoms with E-state index in [0.29, 0.717) is 25.2 Å². The normalized spacial score (nSPS) is 20.4. The molecule has 0 saturated carbocycles. The Morgan fingerprint density at radius 3 is 2.39 bits per heavy atom. The molecular weight excluding hydrogens is 410 g/mol. The molecule has 1 aliphatic heterocycles. The zero-order valence-electron chi connectivity index (χ0n) is 20.6. The van der Waals surface area contributed by atoms with Gasteiger partial charge >= 0.3 is 0 Å². The highest BCUT2D eigenvalue weighted by Gasteiger charge is 2.34. The Morgan fingerprint density at radius 2 is 1.79 bits per heavy atom. The van der Waals surface area contributed by atoms with E-state index in [4.69, 9.17) is 0 Å². The topological polar surface area (TPSA) is 47.0 Å². The lowest BCUT2D eigenvalue weighted by Crippen LogP contribution is -2.57. The van der Waals surface area contributed by atoms with Crippen LogP contribution in [0.2, 0.25) is 0 Å². The monoisotopic (exact) mass is 449 g/mol. The molecule has 2 aromatic rings. The van der Waals surface area contributed by atoms with Gasteiger partial charge in [-0.3, -0.25) is 14.6 Å². The quantitative estimate of drug-likeness (QED) is 0.579. The minimum atomic E-state index is 0.0247. The average molecular weight is 450 g/mol. The summed E-state index contributed by atoms with van der Waals surface area (Å²) in [4.78, 5) is 19.7. The summed E-state index contributed by atoms with van der Waals surface area (Å²) in [5, 5.41) is 9.74. The van der Waals surface area contributed by atoms with Crippen molar-refractivity contribution in [1.82, 2.24) is 14.7 Å². The van der Waals surface area contributed by atoms with Crippen molar-refractivity contribution in [2.45, 2.75) is 52.4 Å². The van der Waals surface area contributed by atoms with E-state index < -0.39 is 0 Å². The molecule has 33 heavy (non-hydrogen) atoms. The summed E-state index contributed by atoms with van der Waals surface area (Å²) in [6.07, 6.45) is 1.98. The molecule has 1 aliphatic rings. The molecule has 1 heterocycles.